The van der Waals surface area contributed by atoms with Crippen LogP contribution in [-0.2, 0) is 12.8 Å². The molecule has 1 N–H and O–H groups in total. The van der Waals surface area contributed by atoms with Gasteiger partial charge in [-0.25, -0.2) is 15.0 Å². The van der Waals surface area contributed by atoms with Crippen molar-refractivity contribution in [1.82, 2.24) is 24.8 Å². The summed E-state index contributed by atoms with van der Waals surface area (Å²) in [6, 6.07) is 1.97. The van der Waals surface area contributed by atoms with Crippen molar-refractivity contribution in [3.63, 3.8) is 0 Å². The maximum absolute atomic E-state index is 12.6. The number of thiophene rings is 1. The van der Waals surface area contributed by atoms with Crippen LogP contribution < -0.4 is 10.5 Å². The molecule has 2 aliphatic rings. The van der Waals surface area contributed by atoms with Crippen molar-refractivity contribution in [2.24, 2.45) is 0 Å². The number of rotatable bonds is 6. The molecular weight excluding hydrogens is 416 g/mol. The fraction of sp³-hybridized carbons (Fsp3) is 0.524. The molecule has 4 heterocycles. The maximum Gasteiger partial charge on any atom is 0.260 e. The summed E-state index contributed by atoms with van der Waals surface area (Å²) >= 11 is 3.39. The highest BCUT2D eigenvalue weighted by Gasteiger charge is 2.20. The number of nitrogens with one attached hydrogen (secondary N) is 1. The van der Waals surface area contributed by atoms with E-state index in [1.165, 1.54) is 23.3 Å². The van der Waals surface area contributed by atoms with E-state index < -0.39 is 0 Å². The third-order valence-corrected chi connectivity index (χ3v) is 8.07. The van der Waals surface area contributed by atoms with E-state index in [0.29, 0.717) is 0 Å². The topological polar surface area (TPSA) is 78.0 Å². The summed E-state index contributed by atoms with van der Waals surface area (Å²) in [4.78, 5) is 35.9. The number of aryl methyl sites for hydroxylation is 2. The molecule has 9 heteroatoms. The Hall–Kier alpha value is -1.97. The zero-order valence-electron chi connectivity index (χ0n) is 17.0. The van der Waals surface area contributed by atoms with Crippen LogP contribution in [0.1, 0.15) is 29.7 Å². The minimum atomic E-state index is 0.0442. The van der Waals surface area contributed by atoms with E-state index in [-0.39, 0.29) is 5.56 Å². The zero-order chi connectivity index (χ0) is 20.3. The maximum atomic E-state index is 12.6. The Kier molecular flexibility index (Phi) is 6.01. The summed E-state index contributed by atoms with van der Waals surface area (Å²) in [6.07, 6.45) is 9.03. The lowest BCUT2D eigenvalue weighted by molar-refractivity contribution is 0.258. The Morgan fingerprint density at radius 3 is 2.87 bits per heavy atom. The fourth-order valence-corrected chi connectivity index (χ4v) is 6.45. The van der Waals surface area contributed by atoms with Crippen molar-refractivity contribution in [2.45, 2.75) is 37.3 Å². The monoisotopic (exact) mass is 442 g/mol. The molecule has 3 aromatic heterocycles. The molecule has 30 heavy (non-hydrogen) atoms. The molecule has 1 fully saturated rings. The first-order valence-electron chi connectivity index (χ1n) is 10.7. The number of anilines is 1. The van der Waals surface area contributed by atoms with Gasteiger partial charge >= 0.3 is 0 Å². The van der Waals surface area contributed by atoms with Gasteiger partial charge in [0.2, 0.25) is 0 Å². The van der Waals surface area contributed by atoms with Crippen LogP contribution in [0.3, 0.4) is 0 Å². The average Bonchev–Trinajstić information content (AvgIpc) is 3.17. The first-order chi connectivity index (χ1) is 14.8. The van der Waals surface area contributed by atoms with Gasteiger partial charge in [0.05, 0.1) is 5.39 Å². The predicted octanol–water partition coefficient (Wildman–Crippen LogP) is 2.96. The first kappa shape index (κ1) is 20.0. The largest absolute Gasteiger partial charge is 0.354 e. The Balaban J connectivity index is 1.12. The summed E-state index contributed by atoms with van der Waals surface area (Å²) in [5.41, 5.74) is 1.30. The van der Waals surface area contributed by atoms with Crippen LogP contribution in [0.15, 0.2) is 28.5 Å². The number of aromatic nitrogens is 4. The second kappa shape index (κ2) is 9.03. The highest BCUT2D eigenvalue weighted by Crippen LogP contribution is 2.34. The molecule has 0 spiro atoms. The van der Waals surface area contributed by atoms with Crippen LogP contribution in [0.25, 0.3) is 10.2 Å². The standard InChI is InChI=1S/C21H26N6OS2/c28-19-18-15-4-1-2-5-16(15)30-20(18)25-21(24-19)29-13-3-8-26-9-11-27(12-10-26)17-6-7-22-14-23-17/h6-7,14H,1-5,8-13H2,(H,24,25,28). The zero-order valence-corrected chi connectivity index (χ0v) is 18.6. The third kappa shape index (κ3) is 4.24. The number of fused-ring (bicyclic) bond motifs is 3. The van der Waals surface area contributed by atoms with Crippen molar-refractivity contribution >= 4 is 39.1 Å². The van der Waals surface area contributed by atoms with E-state index in [4.69, 9.17) is 4.98 Å². The van der Waals surface area contributed by atoms with Gasteiger partial charge in [0.1, 0.15) is 17.0 Å². The van der Waals surface area contributed by atoms with Gasteiger partial charge < -0.3 is 9.88 Å². The highest BCUT2D eigenvalue weighted by atomic mass is 32.2. The van der Waals surface area contributed by atoms with Gasteiger partial charge in [0.15, 0.2) is 5.16 Å². The van der Waals surface area contributed by atoms with E-state index in [0.717, 1.165) is 78.9 Å². The minimum absolute atomic E-state index is 0.0442. The fourth-order valence-electron chi connectivity index (χ4n) is 4.34. The van der Waals surface area contributed by atoms with Crippen LogP contribution in [0.5, 0.6) is 0 Å². The van der Waals surface area contributed by atoms with Crippen molar-refractivity contribution < 1.29 is 0 Å². The van der Waals surface area contributed by atoms with E-state index in [1.807, 2.05) is 6.07 Å². The second-order valence-electron chi connectivity index (χ2n) is 7.86. The van der Waals surface area contributed by atoms with Crippen molar-refractivity contribution in [1.29, 1.82) is 0 Å². The summed E-state index contributed by atoms with van der Waals surface area (Å²) < 4.78 is 0. The van der Waals surface area contributed by atoms with Crippen molar-refractivity contribution in [2.75, 3.05) is 43.4 Å². The summed E-state index contributed by atoms with van der Waals surface area (Å²) in [5, 5.41) is 1.61. The van der Waals surface area contributed by atoms with Crippen molar-refractivity contribution in [3.8, 4) is 0 Å². The van der Waals surface area contributed by atoms with Gasteiger partial charge in [-0.2, -0.15) is 0 Å². The molecule has 1 aliphatic carbocycles. The average molecular weight is 443 g/mol. The molecule has 0 atom stereocenters. The molecule has 0 saturated carbocycles. The van der Waals surface area contributed by atoms with E-state index in [9.17, 15) is 4.79 Å². The molecule has 0 bridgehead atoms. The number of H-pyrrole nitrogens is 1. The van der Waals surface area contributed by atoms with E-state index in [1.54, 1.807) is 35.6 Å². The van der Waals surface area contributed by atoms with Crippen molar-refractivity contribution in [3.05, 3.63) is 39.4 Å². The Labute approximate surface area is 183 Å². The molecule has 7 nitrogen and oxygen atoms in total. The number of piperazine rings is 1. The quantitative estimate of drug-likeness (QED) is 0.357. The molecule has 0 aromatic carbocycles. The number of thioether (sulfide) groups is 1. The van der Waals surface area contributed by atoms with Crippen LogP contribution in [-0.4, -0.2) is 63.3 Å². The molecule has 0 radical (unpaired) electrons. The molecular formula is C21H26N6OS2. The normalized spacial score (nSPS) is 17.4. The molecule has 158 valence electrons. The van der Waals surface area contributed by atoms with Crippen LogP contribution in [0.4, 0.5) is 5.82 Å². The highest BCUT2D eigenvalue weighted by molar-refractivity contribution is 7.99. The second-order valence-corrected chi connectivity index (χ2v) is 10.0. The third-order valence-electron chi connectivity index (χ3n) is 5.92. The molecule has 0 amide bonds. The van der Waals surface area contributed by atoms with Crippen LogP contribution >= 0.6 is 23.1 Å². The smallest absolute Gasteiger partial charge is 0.260 e. The van der Waals surface area contributed by atoms with Crippen LogP contribution in [0, 0.1) is 0 Å². The lowest BCUT2D eigenvalue weighted by atomic mass is 9.97. The van der Waals surface area contributed by atoms with Gasteiger partial charge in [0, 0.05) is 43.0 Å². The summed E-state index contributed by atoms with van der Waals surface area (Å²) in [5.74, 6) is 1.98. The Morgan fingerprint density at radius 1 is 1.17 bits per heavy atom. The lowest BCUT2D eigenvalue weighted by Gasteiger charge is -2.35. The Morgan fingerprint density at radius 2 is 2.03 bits per heavy atom. The number of hydrogen-bond donors (Lipinski definition) is 1. The molecule has 1 saturated heterocycles. The number of aromatic amines is 1. The first-order valence-corrected chi connectivity index (χ1v) is 12.5. The van der Waals surface area contributed by atoms with Gasteiger partial charge in [-0.05, 0) is 50.3 Å². The molecule has 1 aliphatic heterocycles. The van der Waals surface area contributed by atoms with E-state index in [2.05, 4.69) is 24.8 Å². The summed E-state index contributed by atoms with van der Waals surface area (Å²) in [7, 11) is 0. The molecule has 5 rings (SSSR count). The minimum Gasteiger partial charge on any atom is -0.354 e. The van der Waals surface area contributed by atoms with Crippen LogP contribution in [0.2, 0.25) is 0 Å². The lowest BCUT2D eigenvalue weighted by Crippen LogP contribution is -2.47. The predicted molar refractivity (Wildman–Crippen MR) is 123 cm³/mol. The van der Waals surface area contributed by atoms with Gasteiger partial charge in [-0.15, -0.1) is 11.3 Å². The number of hydrogen-bond acceptors (Lipinski definition) is 8. The molecule has 3 aromatic rings. The summed E-state index contributed by atoms with van der Waals surface area (Å²) in [6.45, 7) is 5.18. The van der Waals surface area contributed by atoms with E-state index >= 15 is 0 Å². The number of nitrogens with zero attached hydrogens (tertiary/aromatic N) is 5. The molecule has 0 unspecified atom stereocenters. The van der Waals surface area contributed by atoms with Gasteiger partial charge in [-0.1, -0.05) is 11.8 Å². The SMILES string of the molecule is O=c1[nH]c(SCCCN2CCN(c3ccncn3)CC2)nc2sc3c(c12)CCCC3. The van der Waals surface area contributed by atoms with Gasteiger partial charge in [-0.3, -0.25) is 9.69 Å². The van der Waals surface area contributed by atoms with Gasteiger partial charge in [0.25, 0.3) is 5.56 Å². The Bertz CT molecular complexity index is 1060.